The molecule has 148 valence electrons. The van der Waals surface area contributed by atoms with Crippen LogP contribution in [0.3, 0.4) is 0 Å². The maximum atomic E-state index is 12.9. The number of aliphatic carboxylic acids is 1. The summed E-state index contributed by atoms with van der Waals surface area (Å²) in [4.78, 5) is 24.2. The summed E-state index contributed by atoms with van der Waals surface area (Å²) in [5, 5.41) is 11.9. The molecule has 0 aliphatic carbocycles. The van der Waals surface area contributed by atoms with Crippen LogP contribution in [0.4, 0.5) is 0 Å². The van der Waals surface area contributed by atoms with Crippen molar-refractivity contribution in [3.63, 3.8) is 0 Å². The first-order valence-electron chi connectivity index (χ1n) is 9.09. The molecular weight excluding hydrogens is 372 g/mol. The molecule has 2 fully saturated rings. The Morgan fingerprint density at radius 3 is 2.44 bits per heavy atom. The molecular formula is C18H24N2O6S. The van der Waals surface area contributed by atoms with E-state index in [-0.39, 0.29) is 30.1 Å². The van der Waals surface area contributed by atoms with Gasteiger partial charge in [0, 0.05) is 31.7 Å². The van der Waals surface area contributed by atoms with Crippen LogP contribution in [-0.4, -0.2) is 61.5 Å². The molecule has 0 bridgehead atoms. The second-order valence-electron chi connectivity index (χ2n) is 6.99. The predicted octanol–water partition coefficient (Wildman–Crippen LogP) is 1.22. The third-order valence-corrected chi connectivity index (χ3v) is 6.98. The van der Waals surface area contributed by atoms with E-state index in [1.807, 2.05) is 0 Å². The highest BCUT2D eigenvalue weighted by molar-refractivity contribution is 7.89. The van der Waals surface area contributed by atoms with Crippen LogP contribution in [-0.2, 0) is 19.6 Å². The number of carboxylic acids is 1. The average molecular weight is 396 g/mol. The number of amides is 1. The quantitative estimate of drug-likeness (QED) is 0.774. The van der Waals surface area contributed by atoms with Crippen molar-refractivity contribution < 1.29 is 27.9 Å². The Labute approximate surface area is 158 Å². The Kier molecular flexibility index (Phi) is 5.83. The number of hydrogen-bond donors (Lipinski definition) is 2. The van der Waals surface area contributed by atoms with Crippen LogP contribution >= 0.6 is 0 Å². The highest BCUT2D eigenvalue weighted by Crippen LogP contribution is 2.23. The number of benzene rings is 1. The van der Waals surface area contributed by atoms with Crippen molar-refractivity contribution in [3.05, 3.63) is 29.8 Å². The molecule has 2 saturated heterocycles. The molecule has 0 aromatic heterocycles. The number of sulfonamides is 1. The van der Waals surface area contributed by atoms with Crippen molar-refractivity contribution in [3.8, 4) is 0 Å². The second-order valence-corrected chi connectivity index (χ2v) is 8.93. The molecule has 9 heteroatoms. The standard InChI is InChI=1S/C18H24N2O6S/c21-16(19-18(17(22)23)8-11-26-13-18)14-6-5-7-15(12-14)27(24,25)20-9-3-1-2-4-10-20/h5-7,12H,1-4,8-11,13H2,(H,19,21)(H,22,23). The third-order valence-electron chi connectivity index (χ3n) is 5.08. The van der Waals surface area contributed by atoms with E-state index in [0.717, 1.165) is 25.7 Å². The molecule has 1 aromatic rings. The van der Waals surface area contributed by atoms with Gasteiger partial charge in [0.25, 0.3) is 5.91 Å². The van der Waals surface area contributed by atoms with Gasteiger partial charge in [-0.2, -0.15) is 4.31 Å². The molecule has 3 rings (SSSR count). The summed E-state index contributed by atoms with van der Waals surface area (Å²) in [5.41, 5.74) is -1.37. The zero-order chi connectivity index (χ0) is 19.5. The summed E-state index contributed by atoms with van der Waals surface area (Å²) in [6.45, 7) is 1.08. The lowest BCUT2D eigenvalue weighted by Crippen LogP contribution is -2.55. The number of rotatable bonds is 5. The summed E-state index contributed by atoms with van der Waals surface area (Å²) in [7, 11) is -3.69. The van der Waals surface area contributed by atoms with Gasteiger partial charge in [-0.15, -0.1) is 0 Å². The SMILES string of the molecule is O=C(NC1(C(=O)O)CCOC1)c1cccc(S(=O)(=O)N2CCCCCC2)c1. The van der Waals surface area contributed by atoms with Crippen molar-refractivity contribution in [1.29, 1.82) is 0 Å². The Morgan fingerprint density at radius 1 is 1.15 bits per heavy atom. The van der Waals surface area contributed by atoms with Gasteiger partial charge in [0.05, 0.1) is 11.5 Å². The minimum atomic E-state index is -3.69. The second kappa shape index (κ2) is 7.95. The number of nitrogens with one attached hydrogen (secondary N) is 1. The first-order chi connectivity index (χ1) is 12.8. The molecule has 2 heterocycles. The Hall–Kier alpha value is -1.97. The monoisotopic (exact) mass is 396 g/mol. The maximum Gasteiger partial charge on any atom is 0.331 e. The molecule has 1 amide bonds. The maximum absolute atomic E-state index is 12.9. The van der Waals surface area contributed by atoms with E-state index in [1.165, 1.54) is 28.6 Å². The minimum absolute atomic E-state index is 0.0455. The van der Waals surface area contributed by atoms with Crippen molar-refractivity contribution in [1.82, 2.24) is 9.62 Å². The highest BCUT2D eigenvalue weighted by Gasteiger charge is 2.44. The fourth-order valence-corrected chi connectivity index (χ4v) is 4.97. The lowest BCUT2D eigenvalue weighted by atomic mass is 9.98. The minimum Gasteiger partial charge on any atom is -0.479 e. The molecule has 0 saturated carbocycles. The normalized spacial score (nSPS) is 24.3. The van der Waals surface area contributed by atoms with Gasteiger partial charge >= 0.3 is 5.97 Å². The first kappa shape index (κ1) is 19.8. The fraction of sp³-hybridized carbons (Fsp3) is 0.556. The summed E-state index contributed by atoms with van der Waals surface area (Å²) in [6.07, 6.45) is 3.82. The van der Waals surface area contributed by atoms with E-state index >= 15 is 0 Å². The molecule has 0 spiro atoms. The zero-order valence-electron chi connectivity index (χ0n) is 15.0. The van der Waals surface area contributed by atoms with Gasteiger partial charge in [-0.25, -0.2) is 13.2 Å². The molecule has 0 radical (unpaired) electrons. The van der Waals surface area contributed by atoms with Crippen molar-refractivity contribution in [2.24, 2.45) is 0 Å². The van der Waals surface area contributed by atoms with Crippen molar-refractivity contribution in [2.75, 3.05) is 26.3 Å². The molecule has 2 N–H and O–H groups in total. The predicted molar refractivity (Wildman–Crippen MR) is 96.9 cm³/mol. The number of ether oxygens (including phenoxy) is 1. The lowest BCUT2D eigenvalue weighted by Gasteiger charge is -2.24. The number of carboxylic acid groups (broad SMARTS) is 1. The van der Waals surface area contributed by atoms with Crippen LogP contribution < -0.4 is 5.32 Å². The van der Waals surface area contributed by atoms with E-state index < -0.39 is 27.4 Å². The van der Waals surface area contributed by atoms with Crippen LogP contribution in [0.25, 0.3) is 0 Å². The van der Waals surface area contributed by atoms with Crippen molar-refractivity contribution in [2.45, 2.75) is 42.5 Å². The van der Waals surface area contributed by atoms with Gasteiger partial charge < -0.3 is 15.2 Å². The van der Waals surface area contributed by atoms with E-state index in [2.05, 4.69) is 5.32 Å². The molecule has 27 heavy (non-hydrogen) atoms. The summed E-state index contributed by atoms with van der Waals surface area (Å²) < 4.78 is 32.4. The average Bonchev–Trinajstić information content (AvgIpc) is 2.95. The van der Waals surface area contributed by atoms with Gasteiger partial charge in [-0.05, 0) is 31.0 Å². The molecule has 2 aliphatic heterocycles. The Balaban J connectivity index is 1.82. The number of carbonyl (C=O) groups excluding carboxylic acids is 1. The molecule has 1 aromatic carbocycles. The Morgan fingerprint density at radius 2 is 1.85 bits per heavy atom. The highest BCUT2D eigenvalue weighted by atomic mass is 32.2. The van der Waals surface area contributed by atoms with Gasteiger partial charge in [-0.3, -0.25) is 4.79 Å². The third kappa shape index (κ3) is 4.15. The van der Waals surface area contributed by atoms with E-state index in [1.54, 1.807) is 0 Å². The topological polar surface area (TPSA) is 113 Å². The van der Waals surface area contributed by atoms with Crippen LogP contribution in [0.1, 0.15) is 42.5 Å². The van der Waals surface area contributed by atoms with Gasteiger partial charge in [-0.1, -0.05) is 18.9 Å². The van der Waals surface area contributed by atoms with Gasteiger partial charge in [0.1, 0.15) is 0 Å². The fourth-order valence-electron chi connectivity index (χ4n) is 3.40. The van der Waals surface area contributed by atoms with Crippen LogP contribution in [0.15, 0.2) is 29.2 Å². The number of hydrogen-bond acceptors (Lipinski definition) is 5. The molecule has 1 unspecified atom stereocenters. The molecule has 1 atom stereocenters. The Bertz CT molecular complexity index is 809. The number of nitrogens with zero attached hydrogens (tertiary/aromatic N) is 1. The van der Waals surface area contributed by atoms with Crippen LogP contribution in [0.2, 0.25) is 0 Å². The zero-order valence-corrected chi connectivity index (χ0v) is 15.8. The summed E-state index contributed by atoms with van der Waals surface area (Å²) >= 11 is 0. The first-order valence-corrected chi connectivity index (χ1v) is 10.5. The largest absolute Gasteiger partial charge is 0.479 e. The molecule has 8 nitrogen and oxygen atoms in total. The van der Waals surface area contributed by atoms with Crippen LogP contribution in [0, 0.1) is 0 Å². The van der Waals surface area contributed by atoms with Crippen LogP contribution in [0.5, 0.6) is 0 Å². The van der Waals surface area contributed by atoms with Crippen molar-refractivity contribution >= 4 is 21.9 Å². The summed E-state index contributed by atoms with van der Waals surface area (Å²) in [6, 6.07) is 5.74. The van der Waals surface area contributed by atoms with E-state index in [4.69, 9.17) is 4.74 Å². The smallest absolute Gasteiger partial charge is 0.331 e. The van der Waals surface area contributed by atoms with Gasteiger partial charge in [0.2, 0.25) is 10.0 Å². The summed E-state index contributed by atoms with van der Waals surface area (Å²) in [5.74, 6) is -1.79. The van der Waals surface area contributed by atoms with E-state index in [9.17, 15) is 23.1 Å². The lowest BCUT2D eigenvalue weighted by molar-refractivity contribution is -0.144. The van der Waals surface area contributed by atoms with E-state index in [0.29, 0.717) is 13.1 Å². The van der Waals surface area contributed by atoms with Gasteiger partial charge in [0.15, 0.2) is 5.54 Å². The number of carbonyl (C=O) groups is 2. The molecule has 2 aliphatic rings.